The smallest absolute Gasteiger partial charge is 0.221 e. The number of hydrogen-bond donors (Lipinski definition) is 2. The molecule has 1 aliphatic carbocycles. The largest absolute Gasteiger partial charge is 0.356 e. The highest BCUT2D eigenvalue weighted by molar-refractivity contribution is 7.99. The van der Waals surface area contributed by atoms with E-state index < -0.39 is 0 Å². The van der Waals surface area contributed by atoms with E-state index in [1.165, 1.54) is 25.0 Å². The summed E-state index contributed by atoms with van der Waals surface area (Å²) in [4.78, 5) is 11.7. The van der Waals surface area contributed by atoms with Crippen molar-refractivity contribution in [1.29, 1.82) is 0 Å². The number of thioether (sulfide) groups is 1. The van der Waals surface area contributed by atoms with Gasteiger partial charge in [-0.1, -0.05) is 13.3 Å². The van der Waals surface area contributed by atoms with Crippen LogP contribution in [0.4, 0.5) is 0 Å². The molecule has 0 radical (unpaired) electrons. The van der Waals surface area contributed by atoms with Crippen molar-refractivity contribution in [3.05, 3.63) is 0 Å². The summed E-state index contributed by atoms with van der Waals surface area (Å²) in [6.45, 7) is 4.18. The Bertz CT molecular complexity index is 247. The molecule has 4 heteroatoms. The van der Waals surface area contributed by atoms with Crippen LogP contribution in [-0.2, 0) is 4.79 Å². The van der Waals surface area contributed by atoms with Gasteiger partial charge < -0.3 is 10.6 Å². The molecular weight excluding hydrogens is 220 g/mol. The van der Waals surface area contributed by atoms with Gasteiger partial charge in [0.15, 0.2) is 0 Å². The van der Waals surface area contributed by atoms with Crippen molar-refractivity contribution in [2.75, 3.05) is 24.6 Å². The van der Waals surface area contributed by atoms with E-state index in [0.29, 0.717) is 17.9 Å². The zero-order valence-electron chi connectivity index (χ0n) is 10.1. The first kappa shape index (κ1) is 12.2. The van der Waals surface area contributed by atoms with Crippen molar-refractivity contribution < 1.29 is 4.79 Å². The van der Waals surface area contributed by atoms with Crippen LogP contribution < -0.4 is 10.6 Å². The Labute approximate surface area is 102 Å². The molecule has 1 heterocycles. The van der Waals surface area contributed by atoms with Crippen LogP contribution in [-0.4, -0.2) is 36.5 Å². The van der Waals surface area contributed by atoms with Crippen LogP contribution in [0.3, 0.4) is 0 Å². The molecule has 1 amide bonds. The summed E-state index contributed by atoms with van der Waals surface area (Å²) >= 11 is 1.94. The van der Waals surface area contributed by atoms with Crippen LogP contribution in [0.5, 0.6) is 0 Å². The van der Waals surface area contributed by atoms with Crippen LogP contribution in [0.1, 0.15) is 32.6 Å². The number of carbonyl (C=O) groups excluding carboxylic acids is 1. The summed E-state index contributed by atoms with van der Waals surface area (Å²) in [5, 5.41) is 6.48. The molecule has 0 aromatic carbocycles. The van der Waals surface area contributed by atoms with Gasteiger partial charge in [0.1, 0.15) is 0 Å². The summed E-state index contributed by atoms with van der Waals surface area (Å²) in [6, 6.07) is 0.382. The zero-order chi connectivity index (χ0) is 11.4. The molecule has 2 aliphatic rings. The maximum atomic E-state index is 11.7. The lowest BCUT2D eigenvalue weighted by molar-refractivity contribution is -0.122. The molecule has 2 fully saturated rings. The first-order chi connectivity index (χ1) is 7.68. The van der Waals surface area contributed by atoms with E-state index >= 15 is 0 Å². The van der Waals surface area contributed by atoms with Crippen molar-refractivity contribution in [2.24, 2.45) is 5.41 Å². The molecule has 1 unspecified atom stereocenters. The Kier molecular flexibility index (Phi) is 4.14. The first-order valence-electron chi connectivity index (χ1n) is 6.26. The molecule has 0 aromatic rings. The quantitative estimate of drug-likeness (QED) is 0.783. The van der Waals surface area contributed by atoms with E-state index in [-0.39, 0.29) is 5.91 Å². The molecule has 0 aromatic heterocycles. The molecule has 1 saturated heterocycles. The average molecular weight is 242 g/mol. The fraction of sp³-hybridized carbons (Fsp3) is 0.917. The molecular formula is C12H22N2OS. The van der Waals surface area contributed by atoms with Gasteiger partial charge in [-0.15, -0.1) is 0 Å². The molecule has 0 bridgehead atoms. The van der Waals surface area contributed by atoms with Gasteiger partial charge in [0, 0.05) is 37.1 Å². The highest BCUT2D eigenvalue weighted by Gasteiger charge is 2.32. The van der Waals surface area contributed by atoms with Gasteiger partial charge in [0.05, 0.1) is 0 Å². The van der Waals surface area contributed by atoms with E-state index in [0.717, 1.165) is 18.8 Å². The maximum Gasteiger partial charge on any atom is 0.221 e. The van der Waals surface area contributed by atoms with Crippen LogP contribution in [0.15, 0.2) is 0 Å². The number of rotatable bonds is 4. The minimum Gasteiger partial charge on any atom is -0.356 e. The molecule has 2 rings (SSSR count). The van der Waals surface area contributed by atoms with E-state index in [1.54, 1.807) is 0 Å². The molecule has 1 atom stereocenters. The second kappa shape index (κ2) is 5.41. The summed E-state index contributed by atoms with van der Waals surface area (Å²) < 4.78 is 0. The zero-order valence-corrected chi connectivity index (χ0v) is 10.9. The van der Waals surface area contributed by atoms with E-state index in [1.807, 2.05) is 11.8 Å². The summed E-state index contributed by atoms with van der Waals surface area (Å²) in [7, 11) is 0. The van der Waals surface area contributed by atoms with Gasteiger partial charge in [-0.2, -0.15) is 11.8 Å². The van der Waals surface area contributed by atoms with E-state index in [4.69, 9.17) is 0 Å². The number of amides is 1. The van der Waals surface area contributed by atoms with Crippen LogP contribution in [0.25, 0.3) is 0 Å². The minimum atomic E-state index is 0.216. The molecule has 1 aliphatic heterocycles. The third-order valence-electron chi connectivity index (χ3n) is 3.70. The first-order valence-corrected chi connectivity index (χ1v) is 7.41. The number of nitrogens with one attached hydrogen (secondary N) is 2. The normalized spacial score (nSPS) is 28.2. The van der Waals surface area contributed by atoms with Gasteiger partial charge in [-0.25, -0.2) is 0 Å². The summed E-state index contributed by atoms with van der Waals surface area (Å²) in [5.41, 5.74) is 0.393. The minimum absolute atomic E-state index is 0.216. The van der Waals surface area contributed by atoms with Crippen LogP contribution in [0.2, 0.25) is 0 Å². The predicted molar refractivity (Wildman–Crippen MR) is 68.7 cm³/mol. The van der Waals surface area contributed by atoms with Gasteiger partial charge in [0.2, 0.25) is 5.91 Å². The molecule has 3 nitrogen and oxygen atoms in total. The Morgan fingerprint density at radius 3 is 2.94 bits per heavy atom. The van der Waals surface area contributed by atoms with Gasteiger partial charge >= 0.3 is 0 Å². The van der Waals surface area contributed by atoms with Crippen molar-refractivity contribution in [3.63, 3.8) is 0 Å². The van der Waals surface area contributed by atoms with Crippen molar-refractivity contribution in [3.8, 4) is 0 Å². The van der Waals surface area contributed by atoms with Crippen molar-refractivity contribution in [1.82, 2.24) is 10.6 Å². The number of carbonyl (C=O) groups is 1. The lowest BCUT2D eigenvalue weighted by Crippen LogP contribution is -2.44. The summed E-state index contributed by atoms with van der Waals surface area (Å²) in [5.74, 6) is 2.47. The Balaban J connectivity index is 1.63. The molecule has 2 N–H and O–H groups in total. The Morgan fingerprint density at radius 2 is 2.38 bits per heavy atom. The fourth-order valence-electron chi connectivity index (χ4n) is 2.32. The Morgan fingerprint density at radius 1 is 1.56 bits per heavy atom. The van der Waals surface area contributed by atoms with E-state index in [9.17, 15) is 4.79 Å². The number of hydrogen-bond acceptors (Lipinski definition) is 3. The third kappa shape index (κ3) is 3.39. The van der Waals surface area contributed by atoms with Crippen LogP contribution >= 0.6 is 11.8 Å². The third-order valence-corrected chi connectivity index (χ3v) is 4.83. The predicted octanol–water partition coefficient (Wildman–Crippen LogP) is 1.39. The summed E-state index contributed by atoms with van der Waals surface area (Å²) in [6.07, 6.45) is 4.51. The average Bonchev–Trinajstić information content (AvgIpc) is 2.25. The standard InChI is InChI=1S/C12H22N2OS/c1-12(3-2-4-12)9-14-11(15)7-10-8-16-6-5-13-10/h10,13H,2-9H2,1H3,(H,14,15). The van der Waals surface area contributed by atoms with Crippen molar-refractivity contribution in [2.45, 2.75) is 38.6 Å². The topological polar surface area (TPSA) is 41.1 Å². The molecule has 92 valence electrons. The maximum absolute atomic E-state index is 11.7. The second-order valence-corrected chi connectivity index (χ2v) is 6.52. The fourth-order valence-corrected chi connectivity index (χ4v) is 3.26. The van der Waals surface area contributed by atoms with E-state index in [2.05, 4.69) is 17.6 Å². The van der Waals surface area contributed by atoms with Crippen LogP contribution in [0, 0.1) is 5.41 Å². The lowest BCUT2D eigenvalue weighted by Gasteiger charge is -2.38. The molecule has 1 saturated carbocycles. The monoisotopic (exact) mass is 242 g/mol. The van der Waals surface area contributed by atoms with Crippen molar-refractivity contribution >= 4 is 17.7 Å². The highest BCUT2D eigenvalue weighted by Crippen LogP contribution is 2.39. The van der Waals surface area contributed by atoms with Gasteiger partial charge in [0.25, 0.3) is 0 Å². The molecule has 16 heavy (non-hydrogen) atoms. The van der Waals surface area contributed by atoms with Gasteiger partial charge in [-0.3, -0.25) is 4.79 Å². The molecule has 0 spiro atoms. The second-order valence-electron chi connectivity index (χ2n) is 5.37. The lowest BCUT2D eigenvalue weighted by atomic mass is 9.70. The van der Waals surface area contributed by atoms with Gasteiger partial charge in [-0.05, 0) is 18.3 Å². The Hall–Kier alpha value is -0.220. The highest BCUT2D eigenvalue weighted by atomic mass is 32.2. The SMILES string of the molecule is CC1(CNC(=O)CC2CSCCN2)CCC1.